The molecule has 1 aliphatic heterocycles. The van der Waals surface area contributed by atoms with Crippen LogP contribution in [0.5, 0.6) is 0 Å². The maximum absolute atomic E-state index is 14.0. The molecular formula is C49H51ClN8O6. The van der Waals surface area contributed by atoms with Crippen molar-refractivity contribution in [3.05, 3.63) is 130 Å². The quantitative estimate of drug-likeness (QED) is 0.0679. The number of imidazole rings is 2. The molecule has 4 amide bonds. The lowest BCUT2D eigenvalue weighted by Gasteiger charge is -2.33. The molecule has 3 aromatic carbocycles. The van der Waals surface area contributed by atoms with Gasteiger partial charge in [0.25, 0.3) is 0 Å². The highest BCUT2D eigenvalue weighted by molar-refractivity contribution is 6.31. The summed E-state index contributed by atoms with van der Waals surface area (Å²) in [6, 6.07) is 19.1. The smallest absolute Gasteiger partial charge is 0.407 e. The Kier molecular flexibility index (Phi) is 14.3. The van der Waals surface area contributed by atoms with Crippen molar-refractivity contribution in [1.82, 2.24) is 40.4 Å². The first-order chi connectivity index (χ1) is 31.0. The first kappa shape index (κ1) is 44.9. The second kappa shape index (κ2) is 20.4. The number of alkyl carbamates (subject to hydrolysis) is 2. The van der Waals surface area contributed by atoms with E-state index in [0.29, 0.717) is 48.2 Å². The number of aromatic amines is 2. The molecule has 5 aromatic rings. The van der Waals surface area contributed by atoms with Gasteiger partial charge in [0.1, 0.15) is 23.7 Å². The number of halogens is 1. The Balaban J connectivity index is 1.03. The number of amides is 4. The summed E-state index contributed by atoms with van der Waals surface area (Å²) in [7, 11) is 2.51. The summed E-state index contributed by atoms with van der Waals surface area (Å²) in [6.07, 6.45) is 10.2. The Morgan fingerprint density at radius 3 is 2.42 bits per heavy atom. The van der Waals surface area contributed by atoms with Crippen LogP contribution in [0.3, 0.4) is 0 Å². The third-order valence-electron chi connectivity index (χ3n) is 11.4. The molecule has 4 atom stereocenters. The number of carbonyl (C=O) groups excluding carboxylic acids is 4. The molecule has 2 aromatic heterocycles. The van der Waals surface area contributed by atoms with Gasteiger partial charge in [0.05, 0.1) is 32.7 Å². The Hall–Kier alpha value is -7.11. The van der Waals surface area contributed by atoms with Crippen LogP contribution < -0.4 is 21.1 Å². The fourth-order valence-corrected chi connectivity index (χ4v) is 8.11. The van der Waals surface area contributed by atoms with E-state index in [4.69, 9.17) is 21.1 Å². The second-order valence-corrected chi connectivity index (χ2v) is 16.3. The largest absolute Gasteiger partial charge is 0.453 e. The third kappa shape index (κ3) is 10.2. The van der Waals surface area contributed by atoms with E-state index in [-0.39, 0.29) is 30.2 Å². The summed E-state index contributed by atoms with van der Waals surface area (Å²) in [5.74, 6) is 6.79. The molecule has 1 aliphatic carbocycles. The van der Waals surface area contributed by atoms with Crippen LogP contribution in [-0.2, 0) is 25.6 Å². The zero-order valence-corrected chi connectivity index (χ0v) is 36.9. The maximum atomic E-state index is 14.0. The molecule has 7 rings (SSSR count). The number of hydrogen-bond donors (Lipinski definition) is 4. The average molecular weight is 883 g/mol. The summed E-state index contributed by atoms with van der Waals surface area (Å²) >= 11 is 6.47. The highest BCUT2D eigenvalue weighted by Gasteiger charge is 2.35. The first-order valence-electron chi connectivity index (χ1n) is 21.1. The predicted molar refractivity (Wildman–Crippen MR) is 245 cm³/mol. The van der Waals surface area contributed by atoms with Crippen LogP contribution in [0.25, 0.3) is 34.5 Å². The van der Waals surface area contributed by atoms with Crippen molar-refractivity contribution in [2.75, 3.05) is 27.3 Å². The van der Waals surface area contributed by atoms with Crippen molar-refractivity contribution in [3.8, 4) is 34.2 Å². The van der Waals surface area contributed by atoms with Crippen molar-refractivity contribution in [1.29, 1.82) is 0 Å². The average Bonchev–Trinajstić information content (AvgIpc) is 4.01. The maximum Gasteiger partial charge on any atom is 0.407 e. The molecule has 0 saturated carbocycles. The number of methoxy groups -OCH3 is 2. The van der Waals surface area contributed by atoms with Crippen molar-refractivity contribution < 1.29 is 28.7 Å². The van der Waals surface area contributed by atoms with E-state index in [1.54, 1.807) is 46.3 Å². The van der Waals surface area contributed by atoms with E-state index in [0.717, 1.165) is 44.9 Å². The molecule has 64 heavy (non-hydrogen) atoms. The van der Waals surface area contributed by atoms with Gasteiger partial charge in [-0.2, -0.15) is 0 Å². The molecule has 0 saturated heterocycles. The molecule has 0 radical (unpaired) electrons. The lowest BCUT2D eigenvalue weighted by molar-refractivity contribution is -0.136. The van der Waals surface area contributed by atoms with Crippen LogP contribution in [0.15, 0.2) is 91.8 Å². The third-order valence-corrected chi connectivity index (χ3v) is 11.7. The lowest BCUT2D eigenvalue weighted by atomic mass is 9.93. The molecule has 3 heterocycles. The number of nitrogens with zero attached hydrogens (tertiary/aromatic N) is 4. The van der Waals surface area contributed by atoms with Crippen LogP contribution >= 0.6 is 11.6 Å². The van der Waals surface area contributed by atoms with Gasteiger partial charge in [0.15, 0.2) is 6.04 Å². The minimum Gasteiger partial charge on any atom is -0.453 e. The number of ether oxygens (including phenoxy) is 2. The fourth-order valence-electron chi connectivity index (χ4n) is 7.87. The molecule has 0 bridgehead atoms. The van der Waals surface area contributed by atoms with Gasteiger partial charge in [-0.1, -0.05) is 110 Å². The number of fused-ring (bicyclic) bond motifs is 1. The number of rotatable bonds is 15. The Morgan fingerprint density at radius 2 is 1.69 bits per heavy atom. The van der Waals surface area contributed by atoms with Gasteiger partial charge in [-0.25, -0.2) is 19.6 Å². The zero-order chi connectivity index (χ0) is 45.3. The molecule has 0 spiro atoms. The number of nitrogens with one attached hydrogen (secondary N) is 4. The highest BCUT2D eigenvalue weighted by Crippen LogP contribution is 2.29. The lowest BCUT2D eigenvalue weighted by Crippen LogP contribution is -2.52. The Labute approximate surface area is 376 Å². The molecule has 4 N–H and O–H groups in total. The molecule has 14 nitrogen and oxygen atoms in total. The number of hydrogen-bond acceptors (Lipinski definition) is 8. The SMILES string of the molecule is C=CCCN(Cc1ncc(-c2ccc(-c3ccc4c(c3)=CCC(c3cnc(C5C#CCCN5C(=O)[C@@H](NC(=O)OC)C(C)C)[nH]3)C=4)cc2)[nH]1)C(=O)C(NC(=O)OC)c1ccccc1Cl. The normalized spacial score (nSPS) is 16.1. The summed E-state index contributed by atoms with van der Waals surface area (Å²) in [6.45, 7) is 8.50. The van der Waals surface area contributed by atoms with Crippen LogP contribution in [0.1, 0.15) is 74.0 Å². The standard InChI is InChI=1S/C49H51ClN8O6/c1-6-7-23-57(46(59)44(56-49(62)64-5)37-12-8-9-13-38(37)50)29-42-51-27-39(53-42)32-17-15-31(16-18-32)33-19-20-35-26-36(22-21-34(35)25-33)40-28-52-45(54-40)41-14-10-11-24-58(41)47(60)43(30(2)3)55-48(61)63-4/h6,8-9,12-13,15-21,25-28,30,36,41,43-44H,1,7,11,22-24,29H2,2-5H3,(H,51,53)(H,52,54)(H,55,61)(H,56,62)/t36?,41?,43-,44?/m0/s1. The first-order valence-corrected chi connectivity index (χ1v) is 21.5. The summed E-state index contributed by atoms with van der Waals surface area (Å²) in [4.78, 5) is 71.5. The Morgan fingerprint density at radius 1 is 0.953 bits per heavy atom. The van der Waals surface area contributed by atoms with Crippen molar-refractivity contribution in [2.45, 2.75) is 63.7 Å². The topological polar surface area (TPSA) is 175 Å². The van der Waals surface area contributed by atoms with E-state index >= 15 is 0 Å². The van der Waals surface area contributed by atoms with E-state index < -0.39 is 30.3 Å². The Bertz CT molecular complexity index is 2720. The van der Waals surface area contributed by atoms with E-state index in [1.165, 1.54) is 14.2 Å². The number of H-pyrrole nitrogens is 2. The van der Waals surface area contributed by atoms with Crippen LogP contribution in [0, 0.1) is 17.8 Å². The minimum atomic E-state index is -1.07. The summed E-state index contributed by atoms with van der Waals surface area (Å²) in [5.41, 5.74) is 5.23. The van der Waals surface area contributed by atoms with Crippen LogP contribution in [0.2, 0.25) is 5.02 Å². The monoisotopic (exact) mass is 882 g/mol. The molecule has 2 aliphatic rings. The van der Waals surface area contributed by atoms with E-state index in [9.17, 15) is 19.2 Å². The minimum absolute atomic E-state index is 0.0517. The molecular weight excluding hydrogens is 832 g/mol. The van der Waals surface area contributed by atoms with Crippen LogP contribution in [0.4, 0.5) is 9.59 Å². The van der Waals surface area contributed by atoms with E-state index in [2.05, 4.69) is 91.5 Å². The second-order valence-electron chi connectivity index (χ2n) is 15.9. The van der Waals surface area contributed by atoms with Gasteiger partial charge in [-0.3, -0.25) is 9.59 Å². The van der Waals surface area contributed by atoms with Gasteiger partial charge in [-0.15, -0.1) is 6.58 Å². The highest BCUT2D eigenvalue weighted by atomic mass is 35.5. The van der Waals surface area contributed by atoms with Crippen molar-refractivity contribution in [3.63, 3.8) is 0 Å². The molecule has 0 fully saturated rings. The van der Waals surface area contributed by atoms with Crippen LogP contribution in [-0.4, -0.2) is 87.1 Å². The van der Waals surface area contributed by atoms with Crippen molar-refractivity contribution >= 4 is 47.8 Å². The summed E-state index contributed by atoms with van der Waals surface area (Å²) < 4.78 is 9.59. The van der Waals surface area contributed by atoms with Gasteiger partial charge >= 0.3 is 12.2 Å². The zero-order valence-electron chi connectivity index (χ0n) is 36.2. The predicted octanol–water partition coefficient (Wildman–Crippen LogP) is 6.53. The number of aromatic nitrogens is 4. The number of carbonyl (C=O) groups is 4. The van der Waals surface area contributed by atoms with Gasteiger partial charge < -0.3 is 39.9 Å². The van der Waals surface area contributed by atoms with Crippen molar-refractivity contribution in [2.24, 2.45) is 5.92 Å². The molecule has 330 valence electrons. The number of benzene rings is 3. The molecule has 3 unspecified atom stereocenters. The summed E-state index contributed by atoms with van der Waals surface area (Å²) in [5, 5.41) is 7.91. The van der Waals surface area contributed by atoms with Gasteiger partial charge in [0, 0.05) is 47.9 Å². The fraction of sp³-hybridized carbons (Fsp3) is 0.306. The van der Waals surface area contributed by atoms with E-state index in [1.807, 2.05) is 32.2 Å². The molecule has 15 heteroatoms. The van der Waals surface area contributed by atoms with Gasteiger partial charge in [0.2, 0.25) is 11.8 Å². The van der Waals surface area contributed by atoms with Gasteiger partial charge in [-0.05, 0) is 58.0 Å².